The molecule has 2 heterocycles. The summed E-state index contributed by atoms with van der Waals surface area (Å²) in [5.41, 5.74) is 6.82. The van der Waals surface area contributed by atoms with Crippen LogP contribution in [0.1, 0.15) is 36.5 Å². The van der Waals surface area contributed by atoms with Crippen molar-refractivity contribution in [3.63, 3.8) is 0 Å². The summed E-state index contributed by atoms with van der Waals surface area (Å²) < 4.78 is 0. The summed E-state index contributed by atoms with van der Waals surface area (Å²) in [7, 11) is 0. The van der Waals surface area contributed by atoms with E-state index in [0.717, 1.165) is 31.8 Å². The number of nitrogen functional groups attached to an aromatic ring is 1. The van der Waals surface area contributed by atoms with E-state index in [-0.39, 0.29) is 5.91 Å². The molecule has 17 heavy (non-hydrogen) atoms. The van der Waals surface area contributed by atoms with Gasteiger partial charge in [0.2, 0.25) is 0 Å². The third-order valence-corrected chi connectivity index (χ3v) is 3.56. The lowest BCUT2D eigenvalue weighted by Gasteiger charge is -2.31. The predicted molar refractivity (Wildman–Crippen MR) is 67.6 cm³/mol. The molecule has 0 atom stereocenters. The van der Waals surface area contributed by atoms with Crippen LogP contribution < -0.4 is 5.73 Å². The first-order valence-corrected chi connectivity index (χ1v) is 6.21. The zero-order valence-corrected chi connectivity index (χ0v) is 10.2. The molecule has 1 aromatic rings. The van der Waals surface area contributed by atoms with Gasteiger partial charge in [-0.25, -0.2) is 0 Å². The molecular formula is C13H19N3O. The van der Waals surface area contributed by atoms with Crippen LogP contribution in [0.3, 0.4) is 0 Å². The van der Waals surface area contributed by atoms with Crippen molar-refractivity contribution in [3.05, 3.63) is 24.0 Å². The second-order valence-corrected chi connectivity index (χ2v) is 4.61. The molecule has 0 spiro atoms. The molecule has 0 radical (unpaired) electrons. The van der Waals surface area contributed by atoms with Crippen LogP contribution in [0.15, 0.2) is 18.5 Å². The molecule has 0 bridgehead atoms. The Morgan fingerprint density at radius 1 is 1.53 bits per heavy atom. The molecule has 1 fully saturated rings. The number of nitrogens with zero attached hydrogens (tertiary/aromatic N) is 2. The van der Waals surface area contributed by atoms with E-state index in [1.54, 1.807) is 12.3 Å². The van der Waals surface area contributed by atoms with E-state index in [4.69, 9.17) is 5.73 Å². The average Bonchev–Trinajstić information content (AvgIpc) is 2.39. The van der Waals surface area contributed by atoms with Gasteiger partial charge in [0, 0.05) is 19.3 Å². The fourth-order valence-corrected chi connectivity index (χ4v) is 2.32. The first-order chi connectivity index (χ1) is 8.22. The maximum atomic E-state index is 12.2. The fourth-order valence-electron chi connectivity index (χ4n) is 2.32. The number of hydrogen-bond acceptors (Lipinski definition) is 3. The minimum Gasteiger partial charge on any atom is -0.397 e. The summed E-state index contributed by atoms with van der Waals surface area (Å²) in [4.78, 5) is 18.0. The van der Waals surface area contributed by atoms with E-state index in [0.29, 0.717) is 11.3 Å². The highest BCUT2D eigenvalue weighted by atomic mass is 16.2. The molecule has 0 unspecified atom stereocenters. The molecular weight excluding hydrogens is 214 g/mol. The molecule has 0 aliphatic carbocycles. The third-order valence-electron chi connectivity index (χ3n) is 3.56. The van der Waals surface area contributed by atoms with Gasteiger partial charge in [-0.1, -0.05) is 13.3 Å². The van der Waals surface area contributed by atoms with Crippen molar-refractivity contribution >= 4 is 11.6 Å². The molecule has 1 aliphatic heterocycles. The van der Waals surface area contributed by atoms with Crippen molar-refractivity contribution in [1.82, 2.24) is 9.88 Å². The first-order valence-electron chi connectivity index (χ1n) is 6.21. The number of rotatable bonds is 2. The third kappa shape index (κ3) is 2.57. The second-order valence-electron chi connectivity index (χ2n) is 4.61. The van der Waals surface area contributed by atoms with Crippen molar-refractivity contribution in [3.8, 4) is 0 Å². The van der Waals surface area contributed by atoms with Crippen molar-refractivity contribution in [2.45, 2.75) is 26.2 Å². The average molecular weight is 233 g/mol. The highest BCUT2D eigenvalue weighted by Crippen LogP contribution is 2.22. The van der Waals surface area contributed by atoms with E-state index in [1.807, 2.05) is 4.90 Å². The summed E-state index contributed by atoms with van der Waals surface area (Å²) in [6.45, 7) is 3.90. The SMILES string of the molecule is CCC1CCN(C(=O)c2ccncc2N)CC1. The van der Waals surface area contributed by atoms with Crippen molar-refractivity contribution < 1.29 is 4.79 Å². The number of nitrogens with two attached hydrogens (primary N) is 1. The minimum atomic E-state index is 0.0412. The number of anilines is 1. The number of carbonyl (C=O) groups is 1. The number of piperidine rings is 1. The fraction of sp³-hybridized carbons (Fsp3) is 0.538. The van der Waals surface area contributed by atoms with Gasteiger partial charge in [-0.3, -0.25) is 9.78 Å². The van der Waals surface area contributed by atoms with Gasteiger partial charge in [-0.15, -0.1) is 0 Å². The van der Waals surface area contributed by atoms with Gasteiger partial charge in [0.25, 0.3) is 5.91 Å². The Labute approximate surface area is 102 Å². The maximum absolute atomic E-state index is 12.2. The molecule has 2 N–H and O–H groups in total. The molecule has 0 aromatic carbocycles. The van der Waals surface area contributed by atoms with Crippen molar-refractivity contribution in [1.29, 1.82) is 0 Å². The van der Waals surface area contributed by atoms with Crippen LogP contribution in [0.25, 0.3) is 0 Å². The zero-order chi connectivity index (χ0) is 12.3. The molecule has 1 saturated heterocycles. The monoisotopic (exact) mass is 233 g/mol. The molecule has 1 aliphatic rings. The number of amides is 1. The van der Waals surface area contributed by atoms with Gasteiger partial charge < -0.3 is 10.6 Å². The van der Waals surface area contributed by atoms with Gasteiger partial charge in [0.15, 0.2) is 0 Å². The quantitative estimate of drug-likeness (QED) is 0.849. The van der Waals surface area contributed by atoms with Crippen molar-refractivity contribution in [2.24, 2.45) is 5.92 Å². The molecule has 4 nitrogen and oxygen atoms in total. The zero-order valence-electron chi connectivity index (χ0n) is 10.2. The van der Waals surface area contributed by atoms with Gasteiger partial charge in [0.1, 0.15) is 0 Å². The lowest BCUT2D eigenvalue weighted by atomic mass is 9.94. The largest absolute Gasteiger partial charge is 0.397 e. The predicted octanol–water partition coefficient (Wildman–Crippen LogP) is 1.93. The summed E-state index contributed by atoms with van der Waals surface area (Å²) in [5, 5.41) is 0. The van der Waals surface area contributed by atoms with Crippen LogP contribution in [-0.4, -0.2) is 28.9 Å². The highest BCUT2D eigenvalue weighted by molar-refractivity contribution is 5.98. The Kier molecular flexibility index (Phi) is 3.61. The Balaban J connectivity index is 2.04. The molecule has 2 rings (SSSR count). The smallest absolute Gasteiger partial charge is 0.256 e. The van der Waals surface area contributed by atoms with E-state index in [2.05, 4.69) is 11.9 Å². The number of pyridine rings is 1. The van der Waals surface area contributed by atoms with E-state index >= 15 is 0 Å². The molecule has 1 aromatic heterocycles. The van der Waals surface area contributed by atoms with Gasteiger partial charge in [-0.05, 0) is 24.8 Å². The Morgan fingerprint density at radius 2 is 2.24 bits per heavy atom. The van der Waals surface area contributed by atoms with Crippen LogP contribution in [0.2, 0.25) is 0 Å². The number of carbonyl (C=O) groups excluding carboxylic acids is 1. The van der Waals surface area contributed by atoms with E-state index < -0.39 is 0 Å². The molecule has 4 heteroatoms. The summed E-state index contributed by atoms with van der Waals surface area (Å²) >= 11 is 0. The lowest BCUT2D eigenvalue weighted by Crippen LogP contribution is -2.38. The molecule has 1 amide bonds. The van der Waals surface area contributed by atoms with Crippen LogP contribution in [0.5, 0.6) is 0 Å². The second kappa shape index (κ2) is 5.17. The minimum absolute atomic E-state index is 0.0412. The van der Waals surface area contributed by atoms with Crippen LogP contribution >= 0.6 is 0 Å². The van der Waals surface area contributed by atoms with Crippen LogP contribution in [0, 0.1) is 5.92 Å². The van der Waals surface area contributed by atoms with Gasteiger partial charge in [-0.2, -0.15) is 0 Å². The highest BCUT2D eigenvalue weighted by Gasteiger charge is 2.23. The van der Waals surface area contributed by atoms with E-state index in [1.165, 1.54) is 12.6 Å². The first kappa shape index (κ1) is 11.9. The lowest BCUT2D eigenvalue weighted by molar-refractivity contribution is 0.0690. The number of likely N-dealkylation sites (tertiary alicyclic amines) is 1. The number of hydrogen-bond donors (Lipinski definition) is 1. The Bertz CT molecular complexity index is 397. The van der Waals surface area contributed by atoms with Gasteiger partial charge >= 0.3 is 0 Å². The molecule has 92 valence electrons. The standard InChI is InChI=1S/C13H19N3O/c1-2-10-4-7-16(8-5-10)13(17)11-3-6-15-9-12(11)14/h3,6,9-10H,2,4-5,7-8,14H2,1H3. The Hall–Kier alpha value is -1.58. The number of aromatic nitrogens is 1. The Morgan fingerprint density at radius 3 is 2.82 bits per heavy atom. The summed E-state index contributed by atoms with van der Waals surface area (Å²) in [5.74, 6) is 0.813. The summed E-state index contributed by atoms with van der Waals surface area (Å²) in [6.07, 6.45) is 6.56. The maximum Gasteiger partial charge on any atom is 0.256 e. The topological polar surface area (TPSA) is 59.2 Å². The molecule has 0 saturated carbocycles. The normalized spacial score (nSPS) is 17.1. The van der Waals surface area contributed by atoms with Crippen molar-refractivity contribution in [2.75, 3.05) is 18.8 Å². The van der Waals surface area contributed by atoms with E-state index in [9.17, 15) is 4.79 Å². The summed E-state index contributed by atoms with van der Waals surface area (Å²) in [6, 6.07) is 1.70. The van der Waals surface area contributed by atoms with Gasteiger partial charge in [0.05, 0.1) is 17.4 Å². The van der Waals surface area contributed by atoms with Crippen LogP contribution in [0.4, 0.5) is 5.69 Å². The van der Waals surface area contributed by atoms with Crippen LogP contribution in [-0.2, 0) is 0 Å².